The molecule has 1 saturated heterocycles. The number of aryl methyl sites for hydroxylation is 1. The van der Waals surface area contributed by atoms with Crippen LogP contribution in [0.4, 0.5) is 0 Å². The molecule has 20 heavy (non-hydrogen) atoms. The summed E-state index contributed by atoms with van der Waals surface area (Å²) in [4.78, 5) is 16.9. The molecule has 1 aliphatic rings. The van der Waals surface area contributed by atoms with E-state index < -0.39 is 0 Å². The summed E-state index contributed by atoms with van der Waals surface area (Å²) in [6.07, 6.45) is 1.01. The molecule has 1 aliphatic heterocycles. The first-order valence-electron chi connectivity index (χ1n) is 6.95. The SMILES string of the molecule is Cc1cc(Br)ccc1C(=O)N1CCCN(CCCl)CC1. The number of carbonyl (C=O) groups excluding carboxylic acids is 1. The molecule has 3 nitrogen and oxygen atoms in total. The molecule has 1 fully saturated rings. The molecule has 5 heteroatoms. The fraction of sp³-hybridized carbons (Fsp3) is 0.533. The minimum absolute atomic E-state index is 0.141. The van der Waals surface area contributed by atoms with Gasteiger partial charge in [-0.05, 0) is 43.7 Å². The maximum Gasteiger partial charge on any atom is 0.254 e. The molecule has 0 saturated carbocycles. The van der Waals surface area contributed by atoms with Crippen LogP contribution in [-0.4, -0.2) is 54.3 Å². The van der Waals surface area contributed by atoms with Crippen LogP contribution < -0.4 is 0 Å². The van der Waals surface area contributed by atoms with E-state index in [1.807, 2.05) is 30.0 Å². The van der Waals surface area contributed by atoms with Gasteiger partial charge >= 0.3 is 0 Å². The van der Waals surface area contributed by atoms with E-state index in [1.54, 1.807) is 0 Å². The average Bonchev–Trinajstić information content (AvgIpc) is 2.64. The molecule has 0 aromatic heterocycles. The third-order valence-electron chi connectivity index (χ3n) is 3.70. The lowest BCUT2D eigenvalue weighted by Gasteiger charge is -2.22. The van der Waals surface area contributed by atoms with Crippen molar-refractivity contribution < 1.29 is 4.79 Å². The highest BCUT2D eigenvalue weighted by atomic mass is 79.9. The minimum Gasteiger partial charge on any atom is -0.337 e. The molecule has 1 aromatic carbocycles. The highest BCUT2D eigenvalue weighted by molar-refractivity contribution is 9.10. The van der Waals surface area contributed by atoms with Crippen LogP contribution in [0.25, 0.3) is 0 Å². The highest BCUT2D eigenvalue weighted by Crippen LogP contribution is 2.18. The Morgan fingerprint density at radius 1 is 1.30 bits per heavy atom. The van der Waals surface area contributed by atoms with Crippen LogP contribution in [0.1, 0.15) is 22.3 Å². The van der Waals surface area contributed by atoms with Crippen molar-refractivity contribution in [2.24, 2.45) is 0 Å². The molecule has 1 aromatic rings. The van der Waals surface area contributed by atoms with Crippen LogP contribution in [0.5, 0.6) is 0 Å². The average molecular weight is 360 g/mol. The van der Waals surface area contributed by atoms with Crippen molar-refractivity contribution in [3.8, 4) is 0 Å². The number of hydrogen-bond donors (Lipinski definition) is 0. The smallest absolute Gasteiger partial charge is 0.254 e. The number of rotatable bonds is 3. The van der Waals surface area contributed by atoms with Crippen molar-refractivity contribution in [2.75, 3.05) is 38.6 Å². The van der Waals surface area contributed by atoms with Crippen molar-refractivity contribution in [1.82, 2.24) is 9.80 Å². The Labute approximate surface area is 134 Å². The van der Waals surface area contributed by atoms with E-state index in [-0.39, 0.29) is 5.91 Å². The van der Waals surface area contributed by atoms with Gasteiger partial charge in [-0.3, -0.25) is 4.79 Å². The Bertz CT molecular complexity index is 481. The highest BCUT2D eigenvalue weighted by Gasteiger charge is 2.21. The van der Waals surface area contributed by atoms with Crippen LogP contribution in [-0.2, 0) is 0 Å². The zero-order valence-electron chi connectivity index (χ0n) is 11.7. The molecule has 1 amide bonds. The summed E-state index contributed by atoms with van der Waals surface area (Å²) in [5.74, 6) is 0.794. The van der Waals surface area contributed by atoms with Gasteiger partial charge in [-0.1, -0.05) is 15.9 Å². The molecule has 0 radical (unpaired) electrons. The number of amides is 1. The summed E-state index contributed by atoms with van der Waals surface area (Å²) in [6, 6.07) is 5.83. The standard InChI is InChI=1S/C15H20BrClN2O/c1-12-11-13(16)3-4-14(12)15(20)19-7-2-6-18(8-5-17)9-10-19/h3-4,11H,2,5-10H2,1H3. The molecule has 0 atom stereocenters. The first kappa shape index (κ1) is 15.8. The Morgan fingerprint density at radius 2 is 2.10 bits per heavy atom. The predicted octanol–water partition coefficient (Wildman–Crippen LogP) is 3.14. The van der Waals surface area contributed by atoms with Gasteiger partial charge < -0.3 is 9.80 Å². The second-order valence-corrected chi connectivity index (χ2v) is 6.43. The summed E-state index contributed by atoms with van der Waals surface area (Å²) in [7, 11) is 0. The summed E-state index contributed by atoms with van der Waals surface area (Å²) in [5.41, 5.74) is 1.82. The Morgan fingerprint density at radius 3 is 2.80 bits per heavy atom. The van der Waals surface area contributed by atoms with Crippen LogP contribution >= 0.6 is 27.5 Å². The van der Waals surface area contributed by atoms with E-state index in [0.717, 1.165) is 54.7 Å². The van der Waals surface area contributed by atoms with Gasteiger partial charge in [0.05, 0.1) is 0 Å². The van der Waals surface area contributed by atoms with Crippen molar-refractivity contribution in [2.45, 2.75) is 13.3 Å². The largest absolute Gasteiger partial charge is 0.337 e. The molecular formula is C15H20BrClN2O. The van der Waals surface area contributed by atoms with Gasteiger partial charge in [0.1, 0.15) is 0 Å². The van der Waals surface area contributed by atoms with Gasteiger partial charge in [-0.2, -0.15) is 0 Å². The molecular weight excluding hydrogens is 340 g/mol. The molecule has 0 aliphatic carbocycles. The second kappa shape index (κ2) is 7.43. The normalized spacial score (nSPS) is 17.1. The summed E-state index contributed by atoms with van der Waals surface area (Å²) in [6.45, 7) is 6.43. The number of hydrogen-bond acceptors (Lipinski definition) is 2. The third-order valence-corrected chi connectivity index (χ3v) is 4.36. The fourth-order valence-corrected chi connectivity index (χ4v) is 3.27. The predicted molar refractivity (Wildman–Crippen MR) is 86.6 cm³/mol. The third kappa shape index (κ3) is 3.96. The monoisotopic (exact) mass is 358 g/mol. The topological polar surface area (TPSA) is 23.6 Å². The zero-order valence-corrected chi connectivity index (χ0v) is 14.1. The maximum absolute atomic E-state index is 12.6. The van der Waals surface area contributed by atoms with Crippen LogP contribution in [0, 0.1) is 6.92 Å². The lowest BCUT2D eigenvalue weighted by molar-refractivity contribution is 0.0761. The van der Waals surface area contributed by atoms with Gasteiger partial charge in [0.2, 0.25) is 0 Å². The van der Waals surface area contributed by atoms with Crippen molar-refractivity contribution >= 4 is 33.4 Å². The first-order chi connectivity index (χ1) is 9.61. The first-order valence-corrected chi connectivity index (χ1v) is 8.28. The van der Waals surface area contributed by atoms with Crippen LogP contribution in [0.15, 0.2) is 22.7 Å². The fourth-order valence-electron chi connectivity index (χ4n) is 2.55. The van der Waals surface area contributed by atoms with Gasteiger partial charge in [-0.15, -0.1) is 11.6 Å². The van der Waals surface area contributed by atoms with E-state index in [0.29, 0.717) is 5.88 Å². The summed E-state index contributed by atoms with van der Waals surface area (Å²) >= 11 is 9.23. The molecule has 0 unspecified atom stereocenters. The van der Waals surface area contributed by atoms with E-state index >= 15 is 0 Å². The Balaban J connectivity index is 2.05. The van der Waals surface area contributed by atoms with Gasteiger partial charge in [0.15, 0.2) is 0 Å². The van der Waals surface area contributed by atoms with Crippen LogP contribution in [0.2, 0.25) is 0 Å². The number of carbonyl (C=O) groups is 1. The molecule has 110 valence electrons. The zero-order chi connectivity index (χ0) is 14.5. The summed E-state index contributed by atoms with van der Waals surface area (Å²) < 4.78 is 1.01. The molecule has 2 rings (SSSR count). The number of alkyl halides is 1. The van der Waals surface area contributed by atoms with Crippen LogP contribution in [0.3, 0.4) is 0 Å². The van der Waals surface area contributed by atoms with E-state index in [9.17, 15) is 4.79 Å². The second-order valence-electron chi connectivity index (χ2n) is 5.14. The lowest BCUT2D eigenvalue weighted by atomic mass is 10.1. The maximum atomic E-state index is 12.6. The van der Waals surface area contributed by atoms with Crippen molar-refractivity contribution in [1.29, 1.82) is 0 Å². The van der Waals surface area contributed by atoms with Crippen molar-refractivity contribution in [3.63, 3.8) is 0 Å². The van der Waals surface area contributed by atoms with E-state index in [4.69, 9.17) is 11.6 Å². The van der Waals surface area contributed by atoms with Crippen molar-refractivity contribution in [3.05, 3.63) is 33.8 Å². The number of benzene rings is 1. The minimum atomic E-state index is 0.141. The van der Waals surface area contributed by atoms with Gasteiger partial charge in [-0.25, -0.2) is 0 Å². The molecule has 0 spiro atoms. The molecule has 1 heterocycles. The van der Waals surface area contributed by atoms with Gasteiger partial charge in [0.25, 0.3) is 5.91 Å². The van der Waals surface area contributed by atoms with E-state index in [1.165, 1.54) is 0 Å². The quantitative estimate of drug-likeness (QED) is 0.774. The number of halogens is 2. The Kier molecular flexibility index (Phi) is 5.87. The van der Waals surface area contributed by atoms with E-state index in [2.05, 4.69) is 20.8 Å². The van der Waals surface area contributed by atoms with Gasteiger partial charge in [0, 0.05) is 42.1 Å². The molecule has 0 N–H and O–H groups in total. The molecule has 0 bridgehead atoms. The Hall–Kier alpha value is -0.580. The lowest BCUT2D eigenvalue weighted by Crippen LogP contribution is -2.36. The summed E-state index contributed by atoms with van der Waals surface area (Å²) in [5, 5.41) is 0. The number of nitrogens with zero attached hydrogens (tertiary/aromatic N) is 2.